The van der Waals surface area contributed by atoms with Gasteiger partial charge in [-0.1, -0.05) is 0 Å². The van der Waals surface area contributed by atoms with E-state index in [0.717, 1.165) is 31.4 Å². The summed E-state index contributed by atoms with van der Waals surface area (Å²) in [5.74, 6) is 0. The molecule has 3 nitrogen and oxygen atoms in total. The van der Waals surface area contributed by atoms with Gasteiger partial charge in [0.2, 0.25) is 6.41 Å². The van der Waals surface area contributed by atoms with Crippen molar-refractivity contribution in [1.82, 2.24) is 4.90 Å². The van der Waals surface area contributed by atoms with Crippen LogP contribution in [0.1, 0.15) is 30.9 Å². The minimum atomic E-state index is 0.241. The molecule has 0 bridgehead atoms. The van der Waals surface area contributed by atoms with E-state index in [-0.39, 0.29) is 6.04 Å². The first-order chi connectivity index (χ1) is 6.42. The van der Waals surface area contributed by atoms with E-state index >= 15 is 0 Å². The molecule has 70 valence electrons. The second-order valence-electron chi connectivity index (χ2n) is 3.41. The van der Waals surface area contributed by atoms with Crippen LogP contribution >= 0.6 is 0 Å². The van der Waals surface area contributed by atoms with Gasteiger partial charge < -0.3 is 9.32 Å². The molecule has 1 atom stereocenters. The van der Waals surface area contributed by atoms with Crippen molar-refractivity contribution < 1.29 is 9.21 Å². The minimum absolute atomic E-state index is 0.241. The highest BCUT2D eigenvalue weighted by atomic mass is 16.3. The molecule has 1 amide bonds. The lowest BCUT2D eigenvalue weighted by Gasteiger charge is -2.31. The summed E-state index contributed by atoms with van der Waals surface area (Å²) in [4.78, 5) is 12.6. The van der Waals surface area contributed by atoms with Crippen molar-refractivity contribution in [2.24, 2.45) is 0 Å². The van der Waals surface area contributed by atoms with Crippen LogP contribution in [0.4, 0.5) is 0 Å². The summed E-state index contributed by atoms with van der Waals surface area (Å²) in [6, 6.07) is 2.18. The Bertz CT molecular complexity index is 268. The van der Waals surface area contributed by atoms with E-state index in [1.807, 2.05) is 11.0 Å². The van der Waals surface area contributed by atoms with E-state index in [1.54, 1.807) is 12.5 Å². The summed E-state index contributed by atoms with van der Waals surface area (Å²) < 4.78 is 5.02. The number of nitrogens with zero attached hydrogens (tertiary/aromatic N) is 1. The molecule has 0 N–H and O–H groups in total. The van der Waals surface area contributed by atoms with Crippen molar-refractivity contribution in [1.29, 1.82) is 0 Å². The Kier molecular flexibility index (Phi) is 2.34. The largest absolute Gasteiger partial charge is 0.472 e. The summed E-state index contributed by atoms with van der Waals surface area (Å²) in [6.07, 6.45) is 7.70. The maximum atomic E-state index is 10.8. The van der Waals surface area contributed by atoms with Gasteiger partial charge in [0.15, 0.2) is 0 Å². The van der Waals surface area contributed by atoms with E-state index in [0.29, 0.717) is 0 Å². The average molecular weight is 179 g/mol. The second-order valence-corrected chi connectivity index (χ2v) is 3.41. The van der Waals surface area contributed by atoms with Crippen molar-refractivity contribution in [2.45, 2.75) is 25.3 Å². The van der Waals surface area contributed by atoms with E-state index in [9.17, 15) is 4.79 Å². The number of furan rings is 1. The van der Waals surface area contributed by atoms with Crippen LogP contribution in [0.15, 0.2) is 23.0 Å². The van der Waals surface area contributed by atoms with E-state index < -0.39 is 0 Å². The molecule has 1 aliphatic rings. The summed E-state index contributed by atoms with van der Waals surface area (Å²) in [6.45, 7) is 0.874. The lowest BCUT2D eigenvalue weighted by molar-refractivity contribution is -0.121. The molecule has 1 saturated heterocycles. The van der Waals surface area contributed by atoms with Gasteiger partial charge in [-0.2, -0.15) is 0 Å². The molecular formula is C10H13NO2. The van der Waals surface area contributed by atoms with Crippen LogP contribution in [-0.2, 0) is 4.79 Å². The first-order valence-electron chi connectivity index (χ1n) is 4.65. The summed E-state index contributed by atoms with van der Waals surface area (Å²) in [7, 11) is 0. The van der Waals surface area contributed by atoms with Crippen molar-refractivity contribution in [2.75, 3.05) is 6.54 Å². The quantitative estimate of drug-likeness (QED) is 0.650. The van der Waals surface area contributed by atoms with Crippen LogP contribution in [0, 0.1) is 0 Å². The predicted molar refractivity (Wildman–Crippen MR) is 48.1 cm³/mol. The van der Waals surface area contributed by atoms with Crippen molar-refractivity contribution >= 4 is 6.41 Å². The smallest absolute Gasteiger partial charge is 0.210 e. The highest BCUT2D eigenvalue weighted by Gasteiger charge is 2.22. The van der Waals surface area contributed by atoms with Gasteiger partial charge in [-0.3, -0.25) is 4.79 Å². The Morgan fingerprint density at radius 3 is 3.15 bits per heavy atom. The van der Waals surface area contributed by atoms with E-state index in [2.05, 4.69) is 0 Å². The molecule has 2 heterocycles. The fraction of sp³-hybridized carbons (Fsp3) is 0.500. The first kappa shape index (κ1) is 8.35. The van der Waals surface area contributed by atoms with Crippen LogP contribution in [0.25, 0.3) is 0 Å². The van der Waals surface area contributed by atoms with Crippen LogP contribution in [0.5, 0.6) is 0 Å². The molecule has 0 unspecified atom stereocenters. The van der Waals surface area contributed by atoms with Gasteiger partial charge in [-0.05, 0) is 25.3 Å². The van der Waals surface area contributed by atoms with Crippen LogP contribution in [0.3, 0.4) is 0 Å². The molecule has 0 aromatic carbocycles. The number of rotatable bonds is 2. The summed E-state index contributed by atoms with van der Waals surface area (Å²) in [5.41, 5.74) is 1.12. The van der Waals surface area contributed by atoms with Gasteiger partial charge in [0.05, 0.1) is 18.6 Å². The number of hydrogen-bond donors (Lipinski definition) is 0. The Balaban J connectivity index is 2.15. The van der Waals surface area contributed by atoms with Crippen molar-refractivity contribution in [3.05, 3.63) is 24.2 Å². The van der Waals surface area contributed by atoms with Gasteiger partial charge in [0.25, 0.3) is 0 Å². The summed E-state index contributed by atoms with van der Waals surface area (Å²) in [5, 5.41) is 0. The Hall–Kier alpha value is -1.25. The number of piperidine rings is 1. The van der Waals surface area contributed by atoms with Crippen LogP contribution < -0.4 is 0 Å². The third-order valence-electron chi connectivity index (χ3n) is 2.61. The third-order valence-corrected chi connectivity index (χ3v) is 2.61. The molecule has 1 aromatic rings. The summed E-state index contributed by atoms with van der Waals surface area (Å²) >= 11 is 0. The second kappa shape index (κ2) is 3.64. The molecule has 0 spiro atoms. The molecule has 0 radical (unpaired) electrons. The van der Waals surface area contributed by atoms with Crippen molar-refractivity contribution in [3.63, 3.8) is 0 Å². The van der Waals surface area contributed by atoms with Gasteiger partial charge in [0.1, 0.15) is 0 Å². The topological polar surface area (TPSA) is 33.5 Å². The normalized spacial score (nSPS) is 23.1. The lowest BCUT2D eigenvalue weighted by Crippen LogP contribution is -2.31. The zero-order chi connectivity index (χ0) is 9.10. The Labute approximate surface area is 77.3 Å². The predicted octanol–water partition coefficient (Wildman–Crippen LogP) is 1.96. The molecule has 1 fully saturated rings. The SMILES string of the molecule is O=CN1CCCC[C@H]1c1ccoc1. The lowest BCUT2D eigenvalue weighted by atomic mass is 9.98. The number of amides is 1. The molecule has 1 aliphatic heterocycles. The molecule has 0 saturated carbocycles. The highest BCUT2D eigenvalue weighted by molar-refractivity contribution is 5.48. The molecule has 0 aliphatic carbocycles. The highest BCUT2D eigenvalue weighted by Crippen LogP contribution is 2.29. The Morgan fingerprint density at radius 2 is 2.46 bits per heavy atom. The average Bonchev–Trinajstić information content (AvgIpc) is 2.70. The van der Waals surface area contributed by atoms with Crippen LogP contribution in [-0.4, -0.2) is 17.9 Å². The third kappa shape index (κ3) is 1.59. The number of carbonyl (C=O) groups excluding carboxylic acids is 1. The van der Waals surface area contributed by atoms with Crippen LogP contribution in [0.2, 0.25) is 0 Å². The maximum absolute atomic E-state index is 10.8. The standard InChI is InChI=1S/C10H13NO2/c12-8-11-5-2-1-3-10(11)9-4-6-13-7-9/h4,6-8,10H,1-3,5H2/t10-/m0/s1. The monoisotopic (exact) mass is 179 g/mol. The Morgan fingerprint density at radius 1 is 1.54 bits per heavy atom. The fourth-order valence-electron chi connectivity index (χ4n) is 1.90. The van der Waals surface area contributed by atoms with Gasteiger partial charge in [-0.15, -0.1) is 0 Å². The van der Waals surface area contributed by atoms with Gasteiger partial charge in [-0.25, -0.2) is 0 Å². The minimum Gasteiger partial charge on any atom is -0.472 e. The van der Waals surface area contributed by atoms with Crippen molar-refractivity contribution in [3.8, 4) is 0 Å². The molecule has 13 heavy (non-hydrogen) atoms. The van der Waals surface area contributed by atoms with E-state index in [4.69, 9.17) is 4.42 Å². The molecular weight excluding hydrogens is 166 g/mol. The first-order valence-corrected chi connectivity index (χ1v) is 4.65. The molecule has 2 rings (SSSR count). The zero-order valence-corrected chi connectivity index (χ0v) is 7.48. The maximum Gasteiger partial charge on any atom is 0.210 e. The fourth-order valence-corrected chi connectivity index (χ4v) is 1.90. The van der Waals surface area contributed by atoms with Gasteiger partial charge >= 0.3 is 0 Å². The van der Waals surface area contributed by atoms with E-state index in [1.165, 1.54) is 6.42 Å². The zero-order valence-electron chi connectivity index (χ0n) is 7.48. The molecule has 3 heteroatoms. The molecule has 1 aromatic heterocycles. The number of hydrogen-bond acceptors (Lipinski definition) is 2. The number of carbonyl (C=O) groups is 1. The number of likely N-dealkylation sites (tertiary alicyclic amines) is 1. The van der Waals surface area contributed by atoms with Gasteiger partial charge in [0, 0.05) is 12.1 Å².